The van der Waals surface area contributed by atoms with Gasteiger partial charge in [-0.25, -0.2) is 4.98 Å². The maximum absolute atomic E-state index is 10.4. The summed E-state index contributed by atoms with van der Waals surface area (Å²) < 4.78 is 4.83. The summed E-state index contributed by atoms with van der Waals surface area (Å²) in [6.45, 7) is 0. The van der Waals surface area contributed by atoms with Gasteiger partial charge in [-0.15, -0.1) is 0 Å². The first-order valence-corrected chi connectivity index (χ1v) is 3.27. The van der Waals surface area contributed by atoms with Crippen LogP contribution in [0.3, 0.4) is 0 Å². The Kier molecular flexibility index (Phi) is 2.53. The summed E-state index contributed by atoms with van der Waals surface area (Å²) in [4.78, 5) is 24.4. The van der Waals surface area contributed by atoms with Crippen LogP contribution in [-0.2, 0) is 0 Å². The van der Waals surface area contributed by atoms with Crippen LogP contribution in [0.4, 0.5) is 0 Å². The molecule has 0 N–H and O–H groups in total. The molecule has 0 aromatic carbocycles. The van der Waals surface area contributed by atoms with E-state index in [0.717, 1.165) is 0 Å². The van der Waals surface area contributed by atoms with Gasteiger partial charge in [0.1, 0.15) is 17.1 Å². The molecule has 12 heavy (non-hydrogen) atoms. The maximum atomic E-state index is 10.4. The first-order valence-electron chi connectivity index (χ1n) is 3.27. The van der Waals surface area contributed by atoms with Gasteiger partial charge in [0.2, 0.25) is 0 Å². The lowest BCUT2D eigenvalue weighted by Gasteiger charge is -2.01. The molecule has 0 aliphatic rings. The zero-order valence-corrected chi connectivity index (χ0v) is 6.48. The van der Waals surface area contributed by atoms with Crippen molar-refractivity contribution in [2.45, 2.75) is 0 Å². The van der Waals surface area contributed by atoms with Gasteiger partial charge in [0.15, 0.2) is 12.6 Å². The summed E-state index contributed by atoms with van der Waals surface area (Å²) in [6.07, 6.45) is 1.12. The third-order valence-corrected chi connectivity index (χ3v) is 1.36. The van der Waals surface area contributed by atoms with Gasteiger partial charge in [-0.05, 0) is 12.1 Å². The molecule has 1 aromatic heterocycles. The van der Waals surface area contributed by atoms with E-state index >= 15 is 0 Å². The maximum Gasteiger partial charge on any atom is 0.172 e. The molecule has 0 radical (unpaired) electrons. The van der Waals surface area contributed by atoms with Crippen LogP contribution in [0.2, 0.25) is 0 Å². The van der Waals surface area contributed by atoms with Crippen LogP contribution in [-0.4, -0.2) is 24.7 Å². The summed E-state index contributed by atoms with van der Waals surface area (Å²) in [5.74, 6) is 0.371. The molecule has 1 aromatic rings. The molecule has 0 atom stereocenters. The second kappa shape index (κ2) is 3.61. The number of carbonyl (C=O) groups is 2. The van der Waals surface area contributed by atoms with Crippen molar-refractivity contribution in [1.82, 2.24) is 4.98 Å². The zero-order valence-electron chi connectivity index (χ0n) is 6.48. The van der Waals surface area contributed by atoms with Gasteiger partial charge in [-0.1, -0.05) is 0 Å². The lowest BCUT2D eigenvalue weighted by atomic mass is 10.3. The Bertz CT molecular complexity index is 309. The molecule has 0 amide bonds. The fraction of sp³-hybridized carbons (Fsp3) is 0.125. The van der Waals surface area contributed by atoms with Crippen molar-refractivity contribution in [3.63, 3.8) is 0 Å². The van der Waals surface area contributed by atoms with Crippen molar-refractivity contribution in [1.29, 1.82) is 0 Å². The van der Waals surface area contributed by atoms with E-state index < -0.39 is 0 Å². The van der Waals surface area contributed by atoms with Gasteiger partial charge >= 0.3 is 0 Å². The van der Waals surface area contributed by atoms with Crippen molar-refractivity contribution >= 4 is 12.6 Å². The van der Waals surface area contributed by atoms with Crippen molar-refractivity contribution in [2.24, 2.45) is 0 Å². The van der Waals surface area contributed by atoms with E-state index in [-0.39, 0.29) is 11.4 Å². The molecule has 4 nitrogen and oxygen atoms in total. The average molecular weight is 165 g/mol. The van der Waals surface area contributed by atoms with Gasteiger partial charge in [0.25, 0.3) is 0 Å². The lowest BCUT2D eigenvalue weighted by Crippen LogP contribution is -1.97. The van der Waals surface area contributed by atoms with Gasteiger partial charge in [0.05, 0.1) is 7.11 Å². The van der Waals surface area contributed by atoms with Gasteiger partial charge in [-0.2, -0.15) is 0 Å². The molecule has 62 valence electrons. The predicted molar refractivity (Wildman–Crippen MR) is 41.6 cm³/mol. The third-order valence-electron chi connectivity index (χ3n) is 1.36. The van der Waals surface area contributed by atoms with Crippen LogP contribution in [0.1, 0.15) is 21.0 Å². The largest absolute Gasteiger partial charge is 0.494 e. The first kappa shape index (κ1) is 8.39. The molecule has 0 bridgehead atoms. The smallest absolute Gasteiger partial charge is 0.172 e. The van der Waals surface area contributed by atoms with E-state index in [1.54, 1.807) is 0 Å². The van der Waals surface area contributed by atoms with E-state index in [2.05, 4.69) is 4.98 Å². The molecule has 0 spiro atoms. The quantitative estimate of drug-likeness (QED) is 0.619. The normalized spacial score (nSPS) is 9.08. The number of aromatic nitrogens is 1. The van der Waals surface area contributed by atoms with Crippen LogP contribution >= 0.6 is 0 Å². The first-order chi connectivity index (χ1) is 5.81. The topological polar surface area (TPSA) is 56.3 Å². The Morgan fingerprint density at radius 1 is 1.33 bits per heavy atom. The fourth-order valence-corrected chi connectivity index (χ4v) is 0.801. The van der Waals surface area contributed by atoms with Crippen LogP contribution < -0.4 is 4.74 Å². The second-order valence-corrected chi connectivity index (χ2v) is 2.06. The minimum Gasteiger partial charge on any atom is -0.494 e. The minimum atomic E-state index is 0.141. The second-order valence-electron chi connectivity index (χ2n) is 2.06. The summed E-state index contributed by atoms with van der Waals surface area (Å²) in [5.41, 5.74) is 0.361. The van der Waals surface area contributed by atoms with Crippen molar-refractivity contribution < 1.29 is 14.3 Å². The highest BCUT2D eigenvalue weighted by atomic mass is 16.5. The average Bonchev–Trinajstić information content (AvgIpc) is 2.16. The van der Waals surface area contributed by atoms with Crippen LogP contribution in [0.25, 0.3) is 0 Å². The number of rotatable bonds is 3. The van der Waals surface area contributed by atoms with E-state index in [9.17, 15) is 9.59 Å². The Balaban J connectivity index is 3.18. The standard InChI is InChI=1S/C8H7NO3/c1-12-8-3-2-6(4-10)9-7(8)5-11/h2-5H,1H3. The number of carbonyl (C=O) groups excluding carboxylic acids is 2. The molecule has 0 fully saturated rings. The Labute approximate surface area is 69.2 Å². The van der Waals surface area contributed by atoms with E-state index in [0.29, 0.717) is 18.3 Å². The van der Waals surface area contributed by atoms with Crippen molar-refractivity contribution in [3.8, 4) is 5.75 Å². The Hall–Kier alpha value is -1.71. The number of ether oxygens (including phenoxy) is 1. The van der Waals surface area contributed by atoms with Crippen LogP contribution in [0.15, 0.2) is 12.1 Å². The van der Waals surface area contributed by atoms with Gasteiger partial charge in [-0.3, -0.25) is 9.59 Å². The summed E-state index contributed by atoms with van der Waals surface area (Å²) in [6, 6.07) is 3.01. The molecule has 1 rings (SSSR count). The van der Waals surface area contributed by atoms with E-state index in [4.69, 9.17) is 4.74 Å². The number of nitrogens with zero attached hydrogens (tertiary/aromatic N) is 1. The molecule has 4 heteroatoms. The number of aldehydes is 2. The van der Waals surface area contributed by atoms with Crippen molar-refractivity contribution in [2.75, 3.05) is 7.11 Å². The zero-order chi connectivity index (χ0) is 8.97. The number of hydrogen-bond donors (Lipinski definition) is 0. The Morgan fingerprint density at radius 2 is 2.08 bits per heavy atom. The van der Waals surface area contributed by atoms with Gasteiger partial charge in [0, 0.05) is 0 Å². The molecule has 0 saturated carbocycles. The van der Waals surface area contributed by atoms with E-state index in [1.165, 1.54) is 19.2 Å². The molecule has 0 aliphatic heterocycles. The minimum absolute atomic E-state index is 0.141. The third kappa shape index (κ3) is 1.47. The number of methoxy groups -OCH3 is 1. The van der Waals surface area contributed by atoms with Gasteiger partial charge < -0.3 is 4.74 Å². The SMILES string of the molecule is COc1ccc(C=O)nc1C=O. The van der Waals surface area contributed by atoms with Crippen molar-refractivity contribution in [3.05, 3.63) is 23.5 Å². The molecular formula is C8H7NO3. The molecule has 0 aliphatic carbocycles. The molecule has 0 unspecified atom stereocenters. The summed E-state index contributed by atoms with van der Waals surface area (Å²) in [5, 5.41) is 0. The molecule has 1 heterocycles. The van der Waals surface area contributed by atoms with E-state index in [1.807, 2.05) is 0 Å². The van der Waals surface area contributed by atoms with Crippen LogP contribution in [0, 0.1) is 0 Å². The van der Waals surface area contributed by atoms with Crippen LogP contribution in [0.5, 0.6) is 5.75 Å². The summed E-state index contributed by atoms with van der Waals surface area (Å²) >= 11 is 0. The highest BCUT2D eigenvalue weighted by Crippen LogP contribution is 2.13. The lowest BCUT2D eigenvalue weighted by molar-refractivity contribution is 0.111. The predicted octanol–water partition coefficient (Wildman–Crippen LogP) is 0.715. The summed E-state index contributed by atoms with van der Waals surface area (Å²) in [7, 11) is 1.44. The highest BCUT2D eigenvalue weighted by Gasteiger charge is 2.03. The monoisotopic (exact) mass is 165 g/mol. The fourth-order valence-electron chi connectivity index (χ4n) is 0.801. The Morgan fingerprint density at radius 3 is 2.58 bits per heavy atom. The molecule has 0 saturated heterocycles. The molecular weight excluding hydrogens is 158 g/mol. The number of pyridine rings is 1. The highest BCUT2D eigenvalue weighted by molar-refractivity contribution is 5.80. The number of hydrogen-bond acceptors (Lipinski definition) is 4.